The van der Waals surface area contributed by atoms with Crippen molar-refractivity contribution in [1.82, 2.24) is 9.71 Å². The first-order valence-corrected chi connectivity index (χ1v) is 8.12. The average Bonchev–Trinajstić information content (AvgIpc) is 2.45. The van der Waals surface area contributed by atoms with Crippen molar-refractivity contribution >= 4 is 27.3 Å². The lowest BCUT2D eigenvalue weighted by Gasteiger charge is -2.13. The highest BCUT2D eigenvalue weighted by molar-refractivity contribution is 7.89. The zero-order valence-electron chi connectivity index (χ0n) is 11.7. The molecule has 1 aromatic carbocycles. The number of anilines is 1. The lowest BCUT2D eigenvalue weighted by molar-refractivity contribution is 0.581. The van der Waals surface area contributed by atoms with Gasteiger partial charge in [0.1, 0.15) is 5.15 Å². The van der Waals surface area contributed by atoms with Crippen LogP contribution in [0.5, 0.6) is 0 Å². The van der Waals surface area contributed by atoms with Gasteiger partial charge in [0, 0.05) is 32.5 Å². The first-order chi connectivity index (χ1) is 9.88. The molecule has 0 saturated carbocycles. The number of nitrogens with zero attached hydrogens (tertiary/aromatic N) is 2. The molecule has 0 saturated heterocycles. The van der Waals surface area contributed by atoms with Crippen LogP contribution < -0.4 is 9.62 Å². The van der Waals surface area contributed by atoms with Crippen LogP contribution in [0.25, 0.3) is 0 Å². The van der Waals surface area contributed by atoms with Crippen LogP contribution in [0.3, 0.4) is 0 Å². The van der Waals surface area contributed by atoms with Crippen molar-refractivity contribution < 1.29 is 8.42 Å². The van der Waals surface area contributed by atoms with E-state index in [0.29, 0.717) is 0 Å². The number of halogens is 1. The van der Waals surface area contributed by atoms with E-state index in [1.54, 1.807) is 0 Å². The topological polar surface area (TPSA) is 62.3 Å². The standard InChI is InChI=1S/C14H16ClN3O2S/c1-18(2)12-5-3-11(4-6-12)10-17-21(19,20)13-7-8-16-14(15)9-13/h3-9,17H,10H2,1-2H3. The molecule has 0 amide bonds. The molecule has 21 heavy (non-hydrogen) atoms. The molecule has 0 atom stereocenters. The first kappa shape index (κ1) is 15.8. The molecule has 2 rings (SSSR count). The van der Waals surface area contributed by atoms with Crippen LogP contribution in [0.2, 0.25) is 5.15 Å². The maximum absolute atomic E-state index is 12.1. The number of sulfonamides is 1. The molecule has 0 bridgehead atoms. The second kappa shape index (κ2) is 6.43. The van der Waals surface area contributed by atoms with Gasteiger partial charge in [-0.25, -0.2) is 18.1 Å². The predicted octanol–water partition coefficient (Wildman–Crippen LogP) is 2.28. The van der Waals surface area contributed by atoms with E-state index >= 15 is 0 Å². The molecule has 0 aliphatic carbocycles. The molecule has 1 aromatic heterocycles. The van der Waals surface area contributed by atoms with Gasteiger partial charge in [0.05, 0.1) is 4.90 Å². The van der Waals surface area contributed by atoms with Crippen molar-refractivity contribution in [3.63, 3.8) is 0 Å². The number of benzene rings is 1. The van der Waals surface area contributed by atoms with Crippen molar-refractivity contribution in [2.45, 2.75) is 11.4 Å². The van der Waals surface area contributed by atoms with Gasteiger partial charge in [-0.2, -0.15) is 0 Å². The Morgan fingerprint density at radius 1 is 1.19 bits per heavy atom. The summed E-state index contributed by atoms with van der Waals surface area (Å²) >= 11 is 5.71. The number of rotatable bonds is 5. The third kappa shape index (κ3) is 4.17. The van der Waals surface area contributed by atoms with Gasteiger partial charge >= 0.3 is 0 Å². The largest absolute Gasteiger partial charge is 0.378 e. The molecule has 5 nitrogen and oxygen atoms in total. The summed E-state index contributed by atoms with van der Waals surface area (Å²) < 4.78 is 26.8. The molecule has 0 spiro atoms. The fourth-order valence-electron chi connectivity index (χ4n) is 1.73. The molecule has 0 aliphatic heterocycles. The summed E-state index contributed by atoms with van der Waals surface area (Å²) in [5.74, 6) is 0. The highest BCUT2D eigenvalue weighted by Gasteiger charge is 2.14. The summed E-state index contributed by atoms with van der Waals surface area (Å²) in [5, 5.41) is 0.146. The third-order valence-corrected chi connectivity index (χ3v) is 4.53. The normalized spacial score (nSPS) is 11.4. The summed E-state index contributed by atoms with van der Waals surface area (Å²) in [7, 11) is 0.306. The van der Waals surface area contributed by atoms with Crippen LogP contribution in [0.4, 0.5) is 5.69 Å². The highest BCUT2D eigenvalue weighted by atomic mass is 35.5. The molecule has 7 heteroatoms. The second-order valence-corrected chi connectivity index (χ2v) is 6.85. The van der Waals surface area contributed by atoms with E-state index < -0.39 is 10.0 Å². The Kier molecular flexibility index (Phi) is 4.82. The summed E-state index contributed by atoms with van der Waals surface area (Å²) in [5.41, 5.74) is 1.94. The van der Waals surface area contributed by atoms with Crippen molar-refractivity contribution in [2.24, 2.45) is 0 Å². The van der Waals surface area contributed by atoms with Crippen molar-refractivity contribution in [2.75, 3.05) is 19.0 Å². The minimum Gasteiger partial charge on any atom is -0.378 e. The number of aromatic nitrogens is 1. The van der Waals surface area contributed by atoms with Gasteiger partial charge in [-0.3, -0.25) is 0 Å². The molecule has 2 aromatic rings. The van der Waals surface area contributed by atoms with Crippen LogP contribution in [0, 0.1) is 0 Å². The molecule has 1 heterocycles. The Labute approximate surface area is 129 Å². The second-order valence-electron chi connectivity index (χ2n) is 4.70. The highest BCUT2D eigenvalue weighted by Crippen LogP contribution is 2.15. The van der Waals surface area contributed by atoms with E-state index in [4.69, 9.17) is 11.6 Å². The van der Waals surface area contributed by atoms with Gasteiger partial charge in [-0.15, -0.1) is 0 Å². The fraction of sp³-hybridized carbons (Fsp3) is 0.214. The lowest BCUT2D eigenvalue weighted by atomic mass is 10.2. The van der Waals surface area contributed by atoms with Crippen LogP contribution in [0.1, 0.15) is 5.56 Å². The molecule has 0 fully saturated rings. The first-order valence-electron chi connectivity index (χ1n) is 6.26. The number of hydrogen-bond acceptors (Lipinski definition) is 4. The summed E-state index contributed by atoms with van der Waals surface area (Å²) in [6, 6.07) is 10.4. The monoisotopic (exact) mass is 325 g/mol. The SMILES string of the molecule is CN(C)c1ccc(CNS(=O)(=O)c2ccnc(Cl)c2)cc1. The van der Waals surface area contributed by atoms with Gasteiger partial charge in [-0.1, -0.05) is 23.7 Å². The van der Waals surface area contributed by atoms with E-state index in [1.165, 1.54) is 18.3 Å². The quantitative estimate of drug-likeness (QED) is 0.857. The van der Waals surface area contributed by atoms with Gasteiger partial charge in [0.15, 0.2) is 0 Å². The van der Waals surface area contributed by atoms with Crippen LogP contribution in [0.15, 0.2) is 47.5 Å². The molecule has 0 aliphatic rings. The zero-order valence-corrected chi connectivity index (χ0v) is 13.3. The van der Waals surface area contributed by atoms with Gasteiger partial charge in [-0.05, 0) is 29.8 Å². The molecule has 112 valence electrons. The average molecular weight is 326 g/mol. The Bertz CT molecular complexity index is 715. The number of pyridine rings is 1. The fourth-order valence-corrected chi connectivity index (χ4v) is 2.99. The van der Waals surface area contributed by atoms with Crippen molar-refractivity contribution in [1.29, 1.82) is 0 Å². The van der Waals surface area contributed by atoms with E-state index in [0.717, 1.165) is 11.3 Å². The smallest absolute Gasteiger partial charge is 0.241 e. The summed E-state index contributed by atoms with van der Waals surface area (Å²) in [4.78, 5) is 5.85. The van der Waals surface area contributed by atoms with E-state index in [1.807, 2.05) is 43.3 Å². The lowest BCUT2D eigenvalue weighted by Crippen LogP contribution is -2.23. The minimum atomic E-state index is -3.59. The van der Waals surface area contributed by atoms with E-state index in [2.05, 4.69) is 9.71 Å². The molecular weight excluding hydrogens is 310 g/mol. The Morgan fingerprint density at radius 2 is 1.86 bits per heavy atom. The zero-order chi connectivity index (χ0) is 15.5. The maximum Gasteiger partial charge on any atom is 0.241 e. The molecule has 0 radical (unpaired) electrons. The van der Waals surface area contributed by atoms with Crippen molar-refractivity contribution in [3.05, 3.63) is 53.3 Å². The summed E-state index contributed by atoms with van der Waals surface area (Å²) in [6.07, 6.45) is 1.36. The van der Waals surface area contributed by atoms with Gasteiger partial charge < -0.3 is 4.90 Å². The van der Waals surface area contributed by atoms with Crippen LogP contribution in [-0.4, -0.2) is 27.5 Å². The number of nitrogens with one attached hydrogen (secondary N) is 1. The van der Waals surface area contributed by atoms with E-state index in [-0.39, 0.29) is 16.6 Å². The molecule has 0 unspecified atom stereocenters. The number of hydrogen-bond donors (Lipinski definition) is 1. The summed E-state index contributed by atoms with van der Waals surface area (Å²) in [6.45, 7) is 0.218. The third-order valence-electron chi connectivity index (χ3n) is 2.93. The molecule has 1 N–H and O–H groups in total. The Hall–Kier alpha value is -1.63. The molecular formula is C14H16ClN3O2S. The van der Waals surface area contributed by atoms with Crippen molar-refractivity contribution in [3.8, 4) is 0 Å². The van der Waals surface area contributed by atoms with Crippen LogP contribution in [-0.2, 0) is 16.6 Å². The predicted molar refractivity (Wildman–Crippen MR) is 84.0 cm³/mol. The van der Waals surface area contributed by atoms with Gasteiger partial charge in [0.2, 0.25) is 10.0 Å². The maximum atomic E-state index is 12.1. The van der Waals surface area contributed by atoms with Gasteiger partial charge in [0.25, 0.3) is 0 Å². The minimum absolute atomic E-state index is 0.104. The Balaban J connectivity index is 2.08. The van der Waals surface area contributed by atoms with E-state index in [9.17, 15) is 8.42 Å². The van der Waals surface area contributed by atoms with Crippen LogP contribution >= 0.6 is 11.6 Å². The Morgan fingerprint density at radius 3 is 2.43 bits per heavy atom.